The van der Waals surface area contributed by atoms with Gasteiger partial charge < -0.3 is 8.98 Å². The van der Waals surface area contributed by atoms with Crippen molar-refractivity contribution in [2.75, 3.05) is 0 Å². The van der Waals surface area contributed by atoms with Gasteiger partial charge in [0.1, 0.15) is 5.69 Å². The van der Waals surface area contributed by atoms with E-state index >= 15 is 0 Å². The Bertz CT molecular complexity index is 3100. The van der Waals surface area contributed by atoms with Crippen LogP contribution in [0.25, 0.3) is 72.6 Å². The third kappa shape index (κ3) is 8.97. The Balaban J connectivity index is 0.000000211. The first-order valence-corrected chi connectivity index (χ1v) is 28.6. The molecule has 0 amide bonds. The van der Waals surface area contributed by atoms with Gasteiger partial charge in [0.2, 0.25) is 5.71 Å². The molecule has 0 N–H and O–H groups in total. The van der Waals surface area contributed by atoms with Crippen molar-refractivity contribution in [3.05, 3.63) is 155 Å². The first-order valence-electron chi connectivity index (χ1n) is 21.3. The fourth-order valence-electron chi connectivity index (χ4n) is 8.39. The summed E-state index contributed by atoms with van der Waals surface area (Å²) in [5, 5.41) is 1.15. The number of furan rings is 1. The van der Waals surface area contributed by atoms with Crippen molar-refractivity contribution in [2.45, 2.75) is 83.7 Å². The zero-order chi connectivity index (χ0) is 45.0. The number of aryl methyl sites for hydroxylation is 3. The van der Waals surface area contributed by atoms with Crippen molar-refractivity contribution in [3.8, 4) is 39.5 Å². The number of benzene rings is 4. The average Bonchev–Trinajstić information content (AvgIpc) is 3.81. The minimum atomic E-state index is -4.57. The molecular weight excluding hydrogens is 1040 g/mol. The molecule has 9 aromatic rings. The molecule has 0 bridgehead atoms. The van der Waals surface area contributed by atoms with Gasteiger partial charge in [-0.2, -0.15) is 13.2 Å². The number of nitrogens with zero attached hydrogens (tertiary/aromatic N) is 5. The molecule has 11 heteroatoms. The van der Waals surface area contributed by atoms with Gasteiger partial charge in [-0.25, -0.2) is 4.98 Å². The molecule has 9 rings (SSSR count). The largest absolute Gasteiger partial charge is 0 e. The molecule has 0 aliphatic heterocycles. The minimum Gasteiger partial charge on any atom is 0 e. The third-order valence-corrected chi connectivity index (χ3v) is 15.7. The Labute approximate surface area is 389 Å². The third-order valence-electron chi connectivity index (χ3n) is 11.5. The summed E-state index contributed by atoms with van der Waals surface area (Å²) in [6.07, 6.45) is -0.634. The molecular formula is C53H50F3GeIrN5O-2. The van der Waals surface area contributed by atoms with Crippen LogP contribution >= 0.6 is 0 Å². The predicted molar refractivity (Wildman–Crippen MR) is 253 cm³/mol. The molecule has 0 aliphatic rings. The van der Waals surface area contributed by atoms with Crippen LogP contribution in [0.5, 0.6) is 0 Å². The Morgan fingerprint density at radius 2 is 1.41 bits per heavy atom. The average molecular weight is 1090 g/mol. The minimum absolute atomic E-state index is 0. The van der Waals surface area contributed by atoms with E-state index in [1.54, 1.807) is 12.1 Å². The van der Waals surface area contributed by atoms with Gasteiger partial charge in [0.25, 0.3) is 0 Å². The second-order valence-electron chi connectivity index (χ2n) is 17.8. The molecule has 329 valence electrons. The Kier molecular flexibility index (Phi) is 13.3. The van der Waals surface area contributed by atoms with Gasteiger partial charge in [-0.1, -0.05) is 56.8 Å². The molecule has 0 aliphatic carbocycles. The zero-order valence-electron chi connectivity index (χ0n) is 37.7. The standard InChI is InChI=1S/C31H26F3N4O.C22H24GeN.Ir/c1-16(2)19-8-6-9-20(17(3)4)27(19)38-25-15-35-18(5)14-24(25)36-29(38)23-11-7-10-21-22-12-13-26(31(32,33)34)37-30(22)39-28(21)23;1-16-10-9-11-17(2)22(16)19-14-21(18-12-7-6-8-13-18)24-15-20(19)23(3,4)5;/h6-10,12-17H,1-5H3;6-12,14-15H,1-5H3;/q2*-1;. The van der Waals surface area contributed by atoms with Crippen LogP contribution in [0.4, 0.5) is 13.2 Å². The van der Waals surface area contributed by atoms with Crippen molar-refractivity contribution in [1.29, 1.82) is 0 Å². The quantitative estimate of drug-likeness (QED) is 0.117. The van der Waals surface area contributed by atoms with Gasteiger partial charge in [0.05, 0.1) is 28.6 Å². The van der Waals surface area contributed by atoms with Crippen LogP contribution in [-0.2, 0) is 26.3 Å². The molecule has 0 atom stereocenters. The van der Waals surface area contributed by atoms with Crippen LogP contribution < -0.4 is 4.40 Å². The van der Waals surface area contributed by atoms with Crippen LogP contribution in [0.15, 0.2) is 114 Å². The summed E-state index contributed by atoms with van der Waals surface area (Å²) in [7, 11) is 0. The van der Waals surface area contributed by atoms with E-state index in [-0.39, 0.29) is 37.7 Å². The molecule has 5 aromatic heterocycles. The molecule has 0 saturated heterocycles. The van der Waals surface area contributed by atoms with E-state index in [4.69, 9.17) is 14.4 Å². The maximum absolute atomic E-state index is 13.4. The first-order chi connectivity index (χ1) is 29.9. The smallest absolute Gasteiger partial charge is 0 e. The first kappa shape index (κ1) is 46.6. The fourth-order valence-corrected chi connectivity index (χ4v) is 11.4. The monoisotopic (exact) mass is 1100 g/mol. The van der Waals surface area contributed by atoms with E-state index in [0.717, 1.165) is 50.9 Å². The second-order valence-corrected chi connectivity index (χ2v) is 28.4. The Morgan fingerprint density at radius 1 is 0.719 bits per heavy atom. The number of pyridine rings is 3. The Morgan fingerprint density at radius 3 is 2.03 bits per heavy atom. The van der Waals surface area contributed by atoms with Crippen LogP contribution in [0.3, 0.4) is 0 Å². The van der Waals surface area contributed by atoms with E-state index in [1.165, 1.54) is 32.7 Å². The number of halogens is 3. The molecule has 0 spiro atoms. The van der Waals surface area contributed by atoms with Crippen molar-refractivity contribution < 1.29 is 37.7 Å². The van der Waals surface area contributed by atoms with Crippen molar-refractivity contribution in [1.82, 2.24) is 24.5 Å². The normalized spacial score (nSPS) is 12.0. The molecule has 5 heterocycles. The Hall–Kier alpha value is -5.42. The van der Waals surface area contributed by atoms with Gasteiger partial charge in [0.15, 0.2) is 0 Å². The molecule has 1 radical (unpaired) electrons. The summed E-state index contributed by atoms with van der Waals surface area (Å²) in [5.74, 6) is 8.32. The van der Waals surface area contributed by atoms with Crippen molar-refractivity contribution in [2.24, 2.45) is 0 Å². The van der Waals surface area contributed by atoms with E-state index in [9.17, 15) is 13.2 Å². The van der Waals surface area contributed by atoms with Crippen molar-refractivity contribution >= 4 is 50.8 Å². The van der Waals surface area contributed by atoms with E-state index < -0.39 is 25.1 Å². The van der Waals surface area contributed by atoms with Gasteiger partial charge in [-0.15, -0.1) is 18.2 Å². The van der Waals surface area contributed by atoms with Crippen LogP contribution in [0.1, 0.15) is 73.2 Å². The molecule has 0 saturated carbocycles. The van der Waals surface area contributed by atoms with Gasteiger partial charge in [0, 0.05) is 36.9 Å². The van der Waals surface area contributed by atoms with Gasteiger partial charge in [-0.3, -0.25) is 9.97 Å². The molecule has 6 nitrogen and oxygen atoms in total. The summed E-state index contributed by atoms with van der Waals surface area (Å²) in [5.41, 5.74) is 13.0. The number of aromatic nitrogens is 5. The summed E-state index contributed by atoms with van der Waals surface area (Å²) >= 11 is -2.04. The van der Waals surface area contributed by atoms with E-state index in [0.29, 0.717) is 27.7 Å². The van der Waals surface area contributed by atoms with Gasteiger partial charge in [-0.05, 0) is 48.1 Å². The number of rotatable bonds is 7. The van der Waals surface area contributed by atoms with Crippen LogP contribution in [-0.4, -0.2) is 37.8 Å². The van der Waals surface area contributed by atoms with E-state index in [1.807, 2.05) is 37.4 Å². The number of imidazole rings is 1. The van der Waals surface area contributed by atoms with Gasteiger partial charge >= 0.3 is 154 Å². The summed E-state index contributed by atoms with van der Waals surface area (Å²) in [4.78, 5) is 18.2. The van der Waals surface area contributed by atoms with Crippen LogP contribution in [0, 0.1) is 32.9 Å². The number of alkyl halides is 3. The summed E-state index contributed by atoms with van der Waals surface area (Å²) in [6, 6.07) is 37.6. The topological polar surface area (TPSA) is 69.6 Å². The fraction of sp³-hybridized carbons (Fsp3) is 0.245. The number of para-hydroxylation sites is 1. The van der Waals surface area contributed by atoms with Crippen LogP contribution in [0.2, 0.25) is 17.3 Å². The van der Waals surface area contributed by atoms with Crippen molar-refractivity contribution in [3.63, 3.8) is 0 Å². The second kappa shape index (κ2) is 18.2. The summed E-state index contributed by atoms with van der Waals surface area (Å²) in [6.45, 7) is 14.9. The number of fused-ring (bicyclic) bond motifs is 4. The zero-order valence-corrected chi connectivity index (χ0v) is 42.2. The SMILES string of the molecule is Cc1cc2nc(-c3[c-]ccc4c3oc3nc(C(F)(F)F)ccc34)n(-c3c(C(C)C)cccc3C(C)C)c2cn1.Cc1cccc(C)c1-c1cc(-c2[c-]cccc2)nc[c]1[Ge]([CH3])([CH3])[CH3].[Ir]. The molecule has 4 aromatic carbocycles. The molecule has 0 unspecified atom stereocenters. The maximum Gasteiger partial charge on any atom is 0 e. The molecule has 0 fully saturated rings. The maximum atomic E-state index is 13.4. The predicted octanol–water partition coefficient (Wildman–Crippen LogP) is 14.1. The number of hydrogen-bond donors (Lipinski definition) is 0. The number of hydrogen-bond acceptors (Lipinski definition) is 5. The van der Waals surface area contributed by atoms with E-state index in [2.05, 4.69) is 140 Å². The molecule has 64 heavy (non-hydrogen) atoms. The summed E-state index contributed by atoms with van der Waals surface area (Å²) < 4.78 is 49.7.